The third-order valence-corrected chi connectivity index (χ3v) is 6.10. The highest BCUT2D eigenvalue weighted by Crippen LogP contribution is 2.34. The molecular weight excluding hydrogens is 414 g/mol. The van der Waals surface area contributed by atoms with Gasteiger partial charge >= 0.3 is 5.97 Å². The Bertz CT molecular complexity index is 1140. The van der Waals surface area contributed by atoms with Gasteiger partial charge in [0.2, 0.25) is 0 Å². The van der Waals surface area contributed by atoms with Crippen LogP contribution < -0.4 is 0 Å². The molecule has 1 heterocycles. The number of aromatic nitrogens is 2. The Morgan fingerprint density at radius 3 is 2.42 bits per heavy atom. The third-order valence-electron chi connectivity index (χ3n) is 6.10. The second kappa shape index (κ2) is 11.2. The van der Waals surface area contributed by atoms with Gasteiger partial charge in [0.15, 0.2) is 0 Å². The maximum atomic E-state index is 11.2. The number of hydrogen-bond acceptors (Lipinski definition) is 5. The molecule has 1 aromatic carbocycles. The zero-order valence-electron chi connectivity index (χ0n) is 19.2. The molecule has 0 fully saturated rings. The average Bonchev–Trinajstić information content (AvgIpc) is 2.85. The number of benzene rings is 1. The summed E-state index contributed by atoms with van der Waals surface area (Å²) in [4.78, 5) is 11.2. The first-order valence-corrected chi connectivity index (χ1v) is 11.0. The molecule has 0 bridgehead atoms. The van der Waals surface area contributed by atoms with E-state index in [0.29, 0.717) is 30.5 Å². The van der Waals surface area contributed by atoms with Crippen molar-refractivity contribution in [2.75, 3.05) is 0 Å². The topological polar surface area (TPSA) is 95.7 Å². The fourth-order valence-corrected chi connectivity index (χ4v) is 4.03. The number of oxime groups is 1. The van der Waals surface area contributed by atoms with E-state index in [1.165, 1.54) is 5.57 Å². The van der Waals surface area contributed by atoms with E-state index in [-0.39, 0.29) is 5.92 Å². The van der Waals surface area contributed by atoms with Gasteiger partial charge in [-0.2, -0.15) is 10.2 Å². The van der Waals surface area contributed by atoms with Crippen LogP contribution in [0.25, 0.3) is 5.57 Å². The molecule has 3 rings (SSSR count). The molecule has 0 saturated carbocycles. The molecule has 1 atom stereocenters. The Balaban J connectivity index is 1.94. The molecule has 6 nitrogen and oxygen atoms in total. The third kappa shape index (κ3) is 5.92. The van der Waals surface area contributed by atoms with Gasteiger partial charge in [0.05, 0.1) is 18.1 Å². The van der Waals surface area contributed by atoms with Crippen molar-refractivity contribution >= 4 is 17.3 Å². The van der Waals surface area contributed by atoms with Crippen LogP contribution in [-0.4, -0.2) is 32.2 Å². The fourth-order valence-electron chi connectivity index (χ4n) is 4.03. The van der Waals surface area contributed by atoms with Crippen LogP contribution in [-0.2, 0) is 4.79 Å². The minimum absolute atomic E-state index is 0.00756. The summed E-state index contributed by atoms with van der Waals surface area (Å²) >= 11 is 0. The second-order valence-corrected chi connectivity index (χ2v) is 8.11. The Labute approximate surface area is 194 Å². The van der Waals surface area contributed by atoms with Crippen LogP contribution in [0.2, 0.25) is 0 Å². The SMILES string of the molecule is C/C=C\C(C)=C(/C)C(C/C(=N\O)c1ccnnc1)c1ccc(C2=CC=C(C(=O)O)CC2)cc1. The first-order valence-electron chi connectivity index (χ1n) is 11.0. The number of aliphatic carboxylic acids is 1. The zero-order valence-corrected chi connectivity index (χ0v) is 19.2. The van der Waals surface area contributed by atoms with Crippen LogP contribution in [0.5, 0.6) is 0 Å². The lowest BCUT2D eigenvalue weighted by molar-refractivity contribution is -0.132. The summed E-state index contributed by atoms with van der Waals surface area (Å²) < 4.78 is 0. The molecular formula is C27H29N3O3. The van der Waals surface area contributed by atoms with Crippen molar-refractivity contribution < 1.29 is 15.1 Å². The number of carboxylic acid groups (broad SMARTS) is 1. The number of carboxylic acids is 1. The molecule has 0 saturated heterocycles. The molecule has 2 N–H and O–H groups in total. The van der Waals surface area contributed by atoms with Crippen LogP contribution >= 0.6 is 0 Å². The number of carbonyl (C=O) groups is 1. The molecule has 0 radical (unpaired) electrons. The normalized spacial score (nSPS) is 16.2. The summed E-state index contributed by atoms with van der Waals surface area (Å²) in [5.41, 5.74) is 7.40. The van der Waals surface area contributed by atoms with Crippen LogP contribution in [0.1, 0.15) is 62.6 Å². The second-order valence-electron chi connectivity index (χ2n) is 8.11. The van der Waals surface area contributed by atoms with Gasteiger partial charge in [0, 0.05) is 23.5 Å². The largest absolute Gasteiger partial charge is 0.478 e. The Morgan fingerprint density at radius 2 is 1.88 bits per heavy atom. The highest BCUT2D eigenvalue weighted by Gasteiger charge is 2.20. The monoisotopic (exact) mass is 443 g/mol. The van der Waals surface area contributed by atoms with Crippen LogP contribution in [0, 0.1) is 0 Å². The van der Waals surface area contributed by atoms with E-state index >= 15 is 0 Å². The molecule has 1 unspecified atom stereocenters. The Kier molecular flexibility index (Phi) is 8.08. The van der Waals surface area contributed by atoms with E-state index in [1.54, 1.807) is 24.5 Å². The summed E-state index contributed by atoms with van der Waals surface area (Å²) in [6, 6.07) is 10.1. The van der Waals surface area contributed by atoms with Crippen molar-refractivity contribution in [3.63, 3.8) is 0 Å². The summed E-state index contributed by atoms with van der Waals surface area (Å²) in [5, 5.41) is 30.2. The molecule has 1 aliphatic carbocycles. The molecule has 1 aromatic heterocycles. The van der Waals surface area contributed by atoms with Gasteiger partial charge in [-0.3, -0.25) is 0 Å². The van der Waals surface area contributed by atoms with Crippen molar-refractivity contribution in [3.8, 4) is 0 Å². The fraction of sp³-hybridized carbons (Fsp3) is 0.259. The predicted octanol–water partition coefficient (Wildman–Crippen LogP) is 5.93. The maximum Gasteiger partial charge on any atom is 0.331 e. The number of hydrogen-bond donors (Lipinski definition) is 2. The molecule has 6 heteroatoms. The van der Waals surface area contributed by atoms with E-state index in [2.05, 4.69) is 59.5 Å². The number of nitrogens with zero attached hydrogens (tertiary/aromatic N) is 3. The summed E-state index contributed by atoms with van der Waals surface area (Å²) in [6.07, 6.45) is 12.6. The van der Waals surface area contributed by atoms with Gasteiger partial charge in [-0.15, -0.1) is 0 Å². The van der Waals surface area contributed by atoms with Gasteiger partial charge in [-0.1, -0.05) is 64.9 Å². The van der Waals surface area contributed by atoms with Gasteiger partial charge in [-0.05, 0) is 56.4 Å². The van der Waals surface area contributed by atoms with Crippen LogP contribution in [0.4, 0.5) is 0 Å². The van der Waals surface area contributed by atoms with Crippen molar-refractivity contribution in [1.29, 1.82) is 0 Å². The summed E-state index contributed by atoms with van der Waals surface area (Å²) in [7, 11) is 0. The highest BCUT2D eigenvalue weighted by molar-refractivity contribution is 6.00. The molecule has 170 valence electrons. The van der Waals surface area contributed by atoms with Crippen molar-refractivity contribution in [2.45, 2.75) is 46.0 Å². The first-order chi connectivity index (χ1) is 15.9. The Morgan fingerprint density at radius 1 is 1.12 bits per heavy atom. The van der Waals surface area contributed by atoms with Crippen molar-refractivity contribution in [2.24, 2.45) is 5.16 Å². The highest BCUT2D eigenvalue weighted by atomic mass is 16.4. The standard InChI is InChI=1S/C27H29N3O3/c1-4-5-18(2)19(3)25(16-26(30-33)24-14-15-28-29-17-24)22-10-6-20(7-11-22)21-8-12-23(13-9-21)27(31)32/h4-8,10-12,14-15,17,25,33H,9,13,16H2,1-3H3,(H,31,32)/b5-4-,19-18+,30-26+. The van der Waals surface area contributed by atoms with Gasteiger partial charge in [0.1, 0.15) is 0 Å². The minimum Gasteiger partial charge on any atom is -0.478 e. The van der Waals surface area contributed by atoms with Gasteiger partial charge < -0.3 is 10.3 Å². The van der Waals surface area contributed by atoms with Crippen molar-refractivity contribution in [1.82, 2.24) is 10.2 Å². The minimum atomic E-state index is -0.854. The van der Waals surface area contributed by atoms with Gasteiger partial charge in [-0.25, -0.2) is 4.79 Å². The lowest BCUT2D eigenvalue weighted by Crippen LogP contribution is -2.12. The van der Waals surface area contributed by atoms with E-state index < -0.39 is 5.97 Å². The van der Waals surface area contributed by atoms with E-state index in [9.17, 15) is 10.0 Å². The first kappa shape index (κ1) is 23.9. The quantitative estimate of drug-likeness (QED) is 0.228. The average molecular weight is 444 g/mol. The molecule has 0 amide bonds. The maximum absolute atomic E-state index is 11.2. The van der Waals surface area contributed by atoms with Crippen LogP contribution in [0.15, 0.2) is 88.9 Å². The molecule has 0 aliphatic heterocycles. The van der Waals surface area contributed by atoms with Gasteiger partial charge in [0.25, 0.3) is 0 Å². The zero-order chi connectivity index (χ0) is 23.8. The lowest BCUT2D eigenvalue weighted by Gasteiger charge is -2.22. The van der Waals surface area contributed by atoms with E-state index in [4.69, 9.17) is 5.11 Å². The molecule has 1 aliphatic rings. The number of rotatable bonds is 8. The summed E-state index contributed by atoms with van der Waals surface area (Å²) in [6.45, 7) is 6.18. The van der Waals surface area contributed by atoms with E-state index in [1.807, 2.05) is 19.1 Å². The summed E-state index contributed by atoms with van der Waals surface area (Å²) in [5.74, 6) is -0.846. The lowest BCUT2D eigenvalue weighted by atomic mass is 9.83. The van der Waals surface area contributed by atoms with E-state index in [0.717, 1.165) is 27.8 Å². The van der Waals surface area contributed by atoms with Crippen LogP contribution in [0.3, 0.4) is 0 Å². The predicted molar refractivity (Wildman–Crippen MR) is 130 cm³/mol. The Hall–Kier alpha value is -3.80. The number of allylic oxidation sites excluding steroid dienone is 7. The van der Waals surface area contributed by atoms with Crippen molar-refractivity contribution in [3.05, 3.63) is 100 Å². The molecule has 2 aromatic rings. The smallest absolute Gasteiger partial charge is 0.331 e. The molecule has 0 spiro atoms. The molecule has 33 heavy (non-hydrogen) atoms.